The maximum atomic E-state index is 13.8. The first kappa shape index (κ1) is 106. The fraction of sp³-hybridized carbons (Fsp3) is 0.878. The van der Waals surface area contributed by atoms with Crippen LogP contribution in [0.1, 0.15) is 350 Å². The molecular weight excluding hydrogens is 1450 g/mol. The van der Waals surface area contributed by atoms with Crippen molar-refractivity contribution in [2.45, 2.75) is 398 Å². The Balaban J connectivity index is 5.80. The summed E-state index contributed by atoms with van der Waals surface area (Å²) in [6, 6.07) is -2.03. The highest BCUT2D eigenvalue weighted by molar-refractivity contribution is 7.47. The monoisotopic (exact) mass is 1610 g/mol. The van der Waals surface area contributed by atoms with Crippen molar-refractivity contribution >= 4 is 51.2 Å². The first-order chi connectivity index (χ1) is 53.0. The van der Waals surface area contributed by atoms with Gasteiger partial charge in [-0.1, -0.05) is 246 Å². The van der Waals surface area contributed by atoms with Crippen LogP contribution in [0.5, 0.6) is 0 Å². The second-order valence-corrected chi connectivity index (χ2v) is 32.4. The highest BCUT2D eigenvalue weighted by Crippen LogP contribution is 2.44. The summed E-state index contributed by atoms with van der Waals surface area (Å²) in [5, 5.41) is 52.3. The molecule has 0 aromatic carbocycles. The molecule has 0 aliphatic rings. The molecule has 0 rings (SSSR count). The quantitative estimate of drug-likeness (QED) is 0.0117. The zero-order chi connectivity index (χ0) is 81.4. The van der Waals surface area contributed by atoms with E-state index in [1.165, 1.54) is 64.2 Å². The molecular formula is C82H156N4O22P2. The number of allylic oxidation sites excluding steroid dienone is 4. The first-order valence-corrected chi connectivity index (χ1v) is 46.0. The Morgan fingerprint density at radius 1 is 0.345 bits per heavy atom. The molecule has 4 unspecified atom stereocenters. The highest BCUT2D eigenvalue weighted by Gasteiger charge is 2.32. The number of carbonyl (C=O) groups excluding carboxylic acids is 6. The Bertz CT molecular complexity index is 2420. The average Bonchev–Trinajstić information content (AvgIpc) is 0.899. The molecule has 28 heteroatoms. The fourth-order valence-corrected chi connectivity index (χ4v) is 13.7. The largest absolute Gasteiger partial charge is 0.472 e. The summed E-state index contributed by atoms with van der Waals surface area (Å²) >= 11 is 0. The van der Waals surface area contributed by atoms with Crippen molar-refractivity contribution < 1.29 is 105 Å². The van der Waals surface area contributed by atoms with Gasteiger partial charge >= 0.3 is 27.6 Å². The summed E-state index contributed by atoms with van der Waals surface area (Å²) in [7, 11) is -9.84. The summed E-state index contributed by atoms with van der Waals surface area (Å²) in [5.41, 5.74) is 0. The van der Waals surface area contributed by atoms with Gasteiger partial charge in [0.05, 0.1) is 76.8 Å². The van der Waals surface area contributed by atoms with Crippen molar-refractivity contribution in [1.29, 1.82) is 0 Å². The summed E-state index contributed by atoms with van der Waals surface area (Å²) in [6.45, 7) is 9.19. The maximum Gasteiger partial charge on any atom is 0.472 e. The van der Waals surface area contributed by atoms with Gasteiger partial charge in [0.2, 0.25) is 11.8 Å². The van der Waals surface area contributed by atoms with E-state index in [2.05, 4.69) is 87.1 Å². The molecule has 0 saturated heterocycles. The molecule has 110 heavy (non-hydrogen) atoms. The van der Waals surface area contributed by atoms with Crippen molar-refractivity contribution in [2.24, 2.45) is 0 Å². The molecule has 10 atom stereocenters. The van der Waals surface area contributed by atoms with Crippen LogP contribution >= 0.6 is 15.6 Å². The number of phosphoric acid groups is 2. The number of unbranched alkanes of at least 4 members (excludes halogenated alkanes) is 30. The van der Waals surface area contributed by atoms with E-state index in [0.717, 1.165) is 167 Å². The molecule has 26 nitrogen and oxygen atoms in total. The highest BCUT2D eigenvalue weighted by atomic mass is 31.2. The normalized spacial score (nSPS) is 15.1. The summed E-state index contributed by atoms with van der Waals surface area (Å²) in [5.74, 6) is -4.40. The van der Waals surface area contributed by atoms with Gasteiger partial charge in [-0.05, 0) is 103 Å². The third-order valence-corrected chi connectivity index (χ3v) is 20.8. The van der Waals surface area contributed by atoms with E-state index in [0.29, 0.717) is 51.4 Å². The second kappa shape index (κ2) is 74.1. The minimum absolute atomic E-state index is 0.111. The number of amides is 4. The maximum absolute atomic E-state index is 13.8. The first-order valence-electron chi connectivity index (χ1n) is 43.0. The van der Waals surface area contributed by atoms with Gasteiger partial charge in [-0.25, -0.2) is 9.13 Å². The number of aliphatic hydroxyl groups excluding tert-OH is 4. The number of carbonyl (C=O) groups is 6. The van der Waals surface area contributed by atoms with Gasteiger partial charge in [0.25, 0.3) is 11.8 Å². The Kier molecular flexibility index (Phi) is 71.6. The average molecular weight is 1610 g/mol. The predicted molar refractivity (Wildman–Crippen MR) is 433 cm³/mol. The van der Waals surface area contributed by atoms with E-state index in [1.807, 2.05) is 0 Å². The van der Waals surface area contributed by atoms with Gasteiger partial charge in [0.15, 0.2) is 12.2 Å². The van der Waals surface area contributed by atoms with Crippen LogP contribution in [0.4, 0.5) is 0 Å². The molecule has 0 bridgehead atoms. The van der Waals surface area contributed by atoms with Crippen molar-refractivity contribution in [3.05, 3.63) is 24.3 Å². The molecule has 0 aliphatic heterocycles. The molecule has 0 aromatic heterocycles. The van der Waals surface area contributed by atoms with E-state index >= 15 is 0 Å². The molecule has 0 heterocycles. The van der Waals surface area contributed by atoms with Gasteiger partial charge in [0, 0.05) is 39.1 Å². The molecule has 10 N–H and O–H groups in total. The Morgan fingerprint density at radius 3 is 0.964 bits per heavy atom. The number of ether oxygens (including phenoxy) is 4. The number of aliphatic hydroxyl groups is 4. The summed E-state index contributed by atoms with van der Waals surface area (Å²) in [6.07, 6.45) is 42.7. The van der Waals surface area contributed by atoms with Crippen LogP contribution in [-0.2, 0) is 74.9 Å². The standard InChI is InChI=1S/C82H156N4O22P2/c1-7-13-19-25-28-31-34-40-46-52-74(108-78(92)54-48-42-36-33-30-27-21-15-9-3)64-76(90)86-70(66-102-60-56-72(88)50-44-38-23-17-11-5)68-106-110(99,100)104-62-58-84-82(96)80(94)79(93)81(95)83-57-61-103-109(97,98)105-67-69(65-101-59-55-71(87)49-43-37-22-16-10-4)85-75(89)63-73(51-45-39-24-18-12-6)107-77(91)53-47-41-35-32-29-26-20-14-8-2/h32-33,35-36,69-74,79-80,87-88,93-94H,7-31,34,37-68H2,1-6H3,(H,83,95)(H,84,96)(H,85,89)(H,86,90)(H,97,98)(H,99,100)/t69?,70?,71-,72-,73-,74-,79+,80-/m1/s1. The van der Waals surface area contributed by atoms with E-state index in [9.17, 15) is 68.1 Å². The topological polar surface area (TPSA) is 380 Å². The lowest BCUT2D eigenvalue weighted by atomic mass is 10.0. The van der Waals surface area contributed by atoms with Crippen LogP contribution in [0.3, 0.4) is 0 Å². The minimum Gasteiger partial charge on any atom is -0.462 e. The lowest BCUT2D eigenvalue weighted by Gasteiger charge is -2.23. The number of nitrogens with one attached hydrogen (secondary N) is 4. The number of hydrogen-bond donors (Lipinski definition) is 10. The van der Waals surface area contributed by atoms with Crippen LogP contribution in [0.2, 0.25) is 0 Å². The van der Waals surface area contributed by atoms with Crippen LogP contribution in [0, 0.1) is 0 Å². The smallest absolute Gasteiger partial charge is 0.462 e. The van der Waals surface area contributed by atoms with Crippen molar-refractivity contribution in [1.82, 2.24) is 21.3 Å². The number of hydrogen-bond acceptors (Lipinski definition) is 20. The lowest BCUT2D eigenvalue weighted by Crippen LogP contribution is -2.50. The molecule has 0 aromatic rings. The zero-order valence-corrected chi connectivity index (χ0v) is 70.8. The van der Waals surface area contributed by atoms with E-state index in [-0.39, 0.29) is 52.1 Å². The summed E-state index contributed by atoms with van der Waals surface area (Å²) < 4.78 is 70.5. The van der Waals surface area contributed by atoms with Crippen molar-refractivity contribution in [2.75, 3.05) is 65.9 Å². The minimum atomic E-state index is -4.92. The Labute approximate surface area is 663 Å². The lowest BCUT2D eigenvalue weighted by molar-refractivity contribution is -0.152. The number of phosphoric ester groups is 2. The Morgan fingerprint density at radius 2 is 0.636 bits per heavy atom. The zero-order valence-electron chi connectivity index (χ0n) is 69.1. The van der Waals surface area contributed by atoms with Crippen LogP contribution in [0.15, 0.2) is 24.3 Å². The third kappa shape index (κ3) is 67.6. The van der Waals surface area contributed by atoms with Crippen molar-refractivity contribution in [3.8, 4) is 0 Å². The fourth-order valence-electron chi connectivity index (χ4n) is 12.1. The molecule has 4 amide bonds. The molecule has 0 saturated carbocycles. The van der Waals surface area contributed by atoms with Gasteiger partial charge in [-0.15, -0.1) is 0 Å². The van der Waals surface area contributed by atoms with Crippen LogP contribution in [-0.4, -0.2) is 180 Å². The predicted octanol–water partition coefficient (Wildman–Crippen LogP) is 15.7. The van der Waals surface area contributed by atoms with Gasteiger partial charge in [0.1, 0.15) is 12.2 Å². The molecule has 0 aliphatic carbocycles. The molecule has 0 radical (unpaired) electrons. The van der Waals surface area contributed by atoms with Gasteiger partial charge in [-0.3, -0.25) is 46.9 Å². The summed E-state index contributed by atoms with van der Waals surface area (Å²) in [4.78, 5) is 101. The van der Waals surface area contributed by atoms with Crippen molar-refractivity contribution in [3.63, 3.8) is 0 Å². The SMILES string of the molecule is CCCCCCC=CCCCC(=O)O[C@H](CCCCCCC)CC(=O)NC(COCC[C@H](O)CCCCCCC)COP(=O)(O)OCCNC(=O)[C@@H](O)[C@@H](O)C(=O)NCCOP(=O)(O)OCC(COCC[C@H](O)CCCCCCC)NC(=O)C[C@@H](CCCCCCCCCCC)OC(=O)CCCC=CCCCCCC. The third-order valence-electron chi connectivity index (χ3n) is 18.8. The second-order valence-electron chi connectivity index (χ2n) is 29.5. The van der Waals surface area contributed by atoms with Gasteiger partial charge < -0.3 is 70.4 Å². The van der Waals surface area contributed by atoms with Crippen LogP contribution in [0.25, 0.3) is 0 Å². The molecule has 0 spiro atoms. The molecule has 646 valence electrons. The van der Waals surface area contributed by atoms with E-state index in [1.54, 1.807) is 0 Å². The number of rotatable bonds is 81. The van der Waals surface area contributed by atoms with E-state index in [4.69, 9.17) is 37.0 Å². The van der Waals surface area contributed by atoms with E-state index < -0.39 is 139 Å². The number of esters is 2. The van der Waals surface area contributed by atoms with Gasteiger partial charge in [-0.2, -0.15) is 0 Å². The Hall–Kier alpha value is -3.72. The molecule has 0 fully saturated rings. The van der Waals surface area contributed by atoms with Crippen LogP contribution < -0.4 is 21.3 Å².